The third-order valence-electron chi connectivity index (χ3n) is 5.35. The van der Waals surface area contributed by atoms with Crippen LogP contribution in [0.5, 0.6) is 0 Å². The van der Waals surface area contributed by atoms with Crippen LogP contribution in [0, 0.1) is 0 Å². The predicted octanol–water partition coefficient (Wildman–Crippen LogP) is -0.414. The van der Waals surface area contributed by atoms with E-state index >= 15 is 0 Å². The Kier molecular flexibility index (Phi) is 5.18. The molecule has 0 aromatic rings. The molecule has 1 saturated carbocycles. The molecule has 2 saturated heterocycles. The minimum Gasteiger partial charge on any atom is -0.351 e. The van der Waals surface area contributed by atoms with Crippen molar-refractivity contribution in [1.29, 1.82) is 0 Å². The third kappa shape index (κ3) is 3.61. The molecule has 2 heterocycles. The molecule has 1 aliphatic carbocycles. The molecule has 0 aromatic heterocycles. The van der Waals surface area contributed by atoms with Gasteiger partial charge in [0.15, 0.2) is 0 Å². The number of hydrogen-bond donors (Lipinski definition) is 1. The van der Waals surface area contributed by atoms with E-state index in [1.165, 1.54) is 6.08 Å². The molecule has 3 rings (SSSR count). The van der Waals surface area contributed by atoms with E-state index in [2.05, 4.69) is 11.9 Å². The van der Waals surface area contributed by atoms with E-state index in [0.29, 0.717) is 39.3 Å². The number of nitrogens with zero attached hydrogens (tertiary/aromatic N) is 3. The van der Waals surface area contributed by atoms with Crippen molar-refractivity contribution in [1.82, 2.24) is 20.0 Å². The molecule has 0 radical (unpaired) electrons. The standard InChI is InChI=1S/C17H26N4O3/c1-2-16(23)19-7-9-20(10-8-19)17(24)12-21-11-15(22)18-13-5-3-4-6-14(13)21/h2,13-14H,1,3-12H2,(H,18,22). The molecule has 7 heteroatoms. The number of amides is 3. The number of rotatable bonds is 3. The molecule has 0 bridgehead atoms. The Bertz CT molecular complexity index is 528. The van der Waals surface area contributed by atoms with Crippen molar-refractivity contribution >= 4 is 17.7 Å². The first-order valence-electron chi connectivity index (χ1n) is 8.81. The van der Waals surface area contributed by atoms with Gasteiger partial charge in [0.25, 0.3) is 0 Å². The van der Waals surface area contributed by atoms with E-state index in [9.17, 15) is 14.4 Å². The summed E-state index contributed by atoms with van der Waals surface area (Å²) in [7, 11) is 0. The van der Waals surface area contributed by atoms with Crippen LogP contribution in [0.4, 0.5) is 0 Å². The lowest BCUT2D eigenvalue weighted by Crippen LogP contribution is -2.63. The first kappa shape index (κ1) is 17.0. The average molecular weight is 334 g/mol. The zero-order valence-corrected chi connectivity index (χ0v) is 14.1. The van der Waals surface area contributed by atoms with E-state index in [1.54, 1.807) is 9.80 Å². The van der Waals surface area contributed by atoms with E-state index in [1.807, 2.05) is 4.90 Å². The summed E-state index contributed by atoms with van der Waals surface area (Å²) in [5.74, 6) is -0.00748. The van der Waals surface area contributed by atoms with Gasteiger partial charge in [0.2, 0.25) is 17.7 Å². The van der Waals surface area contributed by atoms with Crippen LogP contribution in [0.3, 0.4) is 0 Å². The monoisotopic (exact) mass is 334 g/mol. The van der Waals surface area contributed by atoms with Gasteiger partial charge in [0.05, 0.1) is 13.1 Å². The quantitative estimate of drug-likeness (QED) is 0.712. The van der Waals surface area contributed by atoms with E-state index in [0.717, 1.165) is 25.7 Å². The molecular formula is C17H26N4O3. The fourth-order valence-corrected chi connectivity index (χ4v) is 4.02. The van der Waals surface area contributed by atoms with Crippen LogP contribution in [0.25, 0.3) is 0 Å². The van der Waals surface area contributed by atoms with E-state index in [-0.39, 0.29) is 29.8 Å². The van der Waals surface area contributed by atoms with Crippen molar-refractivity contribution in [2.75, 3.05) is 39.3 Å². The van der Waals surface area contributed by atoms with Crippen LogP contribution in [0.2, 0.25) is 0 Å². The highest BCUT2D eigenvalue weighted by Gasteiger charge is 2.37. The smallest absolute Gasteiger partial charge is 0.246 e. The molecule has 2 unspecified atom stereocenters. The van der Waals surface area contributed by atoms with Crippen LogP contribution < -0.4 is 5.32 Å². The summed E-state index contributed by atoms with van der Waals surface area (Å²) in [5.41, 5.74) is 0. The minimum atomic E-state index is -0.0835. The van der Waals surface area contributed by atoms with Crippen molar-refractivity contribution in [3.8, 4) is 0 Å². The molecule has 0 spiro atoms. The second-order valence-corrected chi connectivity index (χ2v) is 6.84. The van der Waals surface area contributed by atoms with Gasteiger partial charge in [-0.1, -0.05) is 19.4 Å². The zero-order chi connectivity index (χ0) is 17.1. The molecule has 7 nitrogen and oxygen atoms in total. The Morgan fingerprint density at radius 3 is 2.50 bits per heavy atom. The molecule has 24 heavy (non-hydrogen) atoms. The number of hydrogen-bond acceptors (Lipinski definition) is 4. The lowest BCUT2D eigenvalue weighted by atomic mass is 9.87. The lowest BCUT2D eigenvalue weighted by molar-refractivity contribution is -0.141. The highest BCUT2D eigenvalue weighted by molar-refractivity contribution is 5.87. The average Bonchev–Trinajstić information content (AvgIpc) is 2.61. The summed E-state index contributed by atoms with van der Waals surface area (Å²) >= 11 is 0. The molecule has 3 amide bonds. The SMILES string of the molecule is C=CC(=O)N1CCN(C(=O)CN2CC(=O)NC3CCCCC32)CC1. The van der Waals surface area contributed by atoms with Gasteiger partial charge in [-0.05, 0) is 18.9 Å². The van der Waals surface area contributed by atoms with Crippen molar-refractivity contribution < 1.29 is 14.4 Å². The largest absolute Gasteiger partial charge is 0.351 e. The summed E-state index contributed by atoms with van der Waals surface area (Å²) in [6.07, 6.45) is 5.66. The summed E-state index contributed by atoms with van der Waals surface area (Å²) in [6, 6.07) is 0.471. The maximum absolute atomic E-state index is 12.6. The highest BCUT2D eigenvalue weighted by atomic mass is 16.2. The minimum absolute atomic E-state index is 0.0207. The molecule has 2 aliphatic heterocycles. The van der Waals surface area contributed by atoms with Gasteiger partial charge in [-0.3, -0.25) is 19.3 Å². The summed E-state index contributed by atoms with van der Waals surface area (Å²) in [4.78, 5) is 41.7. The van der Waals surface area contributed by atoms with Gasteiger partial charge in [0, 0.05) is 38.3 Å². The van der Waals surface area contributed by atoms with Crippen LogP contribution in [0.15, 0.2) is 12.7 Å². The van der Waals surface area contributed by atoms with Crippen LogP contribution in [0.1, 0.15) is 25.7 Å². The Hall–Kier alpha value is -1.89. The van der Waals surface area contributed by atoms with Crippen molar-refractivity contribution in [2.24, 2.45) is 0 Å². The number of piperazine rings is 2. The lowest BCUT2D eigenvalue weighted by Gasteiger charge is -2.44. The maximum Gasteiger partial charge on any atom is 0.246 e. The molecule has 0 aromatic carbocycles. The number of fused-ring (bicyclic) bond motifs is 1. The Morgan fingerprint density at radius 1 is 1.12 bits per heavy atom. The number of carbonyl (C=O) groups is 3. The molecule has 132 valence electrons. The molecule has 3 fully saturated rings. The molecular weight excluding hydrogens is 308 g/mol. The molecule has 2 atom stereocenters. The second-order valence-electron chi connectivity index (χ2n) is 6.84. The van der Waals surface area contributed by atoms with Gasteiger partial charge in [-0.25, -0.2) is 0 Å². The number of carbonyl (C=O) groups excluding carboxylic acids is 3. The summed E-state index contributed by atoms with van der Waals surface area (Å²) in [6.45, 7) is 6.29. The second kappa shape index (κ2) is 7.34. The zero-order valence-electron chi connectivity index (χ0n) is 14.1. The van der Waals surface area contributed by atoms with Gasteiger partial charge >= 0.3 is 0 Å². The Labute approximate surface area is 142 Å². The Morgan fingerprint density at radius 2 is 1.79 bits per heavy atom. The normalized spacial score (nSPS) is 28.1. The summed E-state index contributed by atoms with van der Waals surface area (Å²) in [5, 5.41) is 3.07. The Balaban J connectivity index is 1.55. The first-order chi connectivity index (χ1) is 11.6. The molecule has 1 N–H and O–H groups in total. The van der Waals surface area contributed by atoms with Crippen LogP contribution in [-0.2, 0) is 14.4 Å². The predicted molar refractivity (Wildman–Crippen MR) is 89.1 cm³/mol. The van der Waals surface area contributed by atoms with Gasteiger partial charge in [-0.15, -0.1) is 0 Å². The third-order valence-corrected chi connectivity index (χ3v) is 5.35. The van der Waals surface area contributed by atoms with Crippen molar-refractivity contribution in [3.63, 3.8) is 0 Å². The van der Waals surface area contributed by atoms with Gasteiger partial charge in [-0.2, -0.15) is 0 Å². The molecule has 3 aliphatic rings. The van der Waals surface area contributed by atoms with Crippen LogP contribution in [-0.4, -0.2) is 83.8 Å². The van der Waals surface area contributed by atoms with E-state index in [4.69, 9.17) is 0 Å². The van der Waals surface area contributed by atoms with Crippen LogP contribution >= 0.6 is 0 Å². The first-order valence-corrected chi connectivity index (χ1v) is 8.81. The van der Waals surface area contributed by atoms with Gasteiger partial charge < -0.3 is 15.1 Å². The van der Waals surface area contributed by atoms with Gasteiger partial charge in [0.1, 0.15) is 0 Å². The number of nitrogens with one attached hydrogen (secondary N) is 1. The fraction of sp³-hybridized carbons (Fsp3) is 0.706. The van der Waals surface area contributed by atoms with Crippen molar-refractivity contribution in [2.45, 2.75) is 37.8 Å². The highest BCUT2D eigenvalue weighted by Crippen LogP contribution is 2.25. The van der Waals surface area contributed by atoms with E-state index < -0.39 is 0 Å². The topological polar surface area (TPSA) is 73.0 Å². The summed E-state index contributed by atoms with van der Waals surface area (Å²) < 4.78 is 0. The maximum atomic E-state index is 12.6. The fourth-order valence-electron chi connectivity index (χ4n) is 4.02. The van der Waals surface area contributed by atoms with Crippen molar-refractivity contribution in [3.05, 3.63) is 12.7 Å².